The minimum absolute atomic E-state index is 0.0184. The molecule has 29 atom stereocenters. The largest absolute Gasteiger partial charge is 0.511 e. The summed E-state index contributed by atoms with van der Waals surface area (Å²) in [7, 11) is 1.18. The molecule has 6 aliphatic heterocycles. The van der Waals surface area contributed by atoms with Gasteiger partial charge in [-0.3, -0.25) is 20.0 Å². The fraction of sp³-hybridized carbons (Fsp3) is 0.791. The molecule has 18 unspecified atom stereocenters. The van der Waals surface area contributed by atoms with Crippen LogP contribution in [0.1, 0.15) is 147 Å². The van der Waals surface area contributed by atoms with Crippen LogP contribution in [-0.4, -0.2) is 213 Å². The third-order valence-corrected chi connectivity index (χ3v) is 21.8. The van der Waals surface area contributed by atoms with Crippen LogP contribution < -0.4 is 5.32 Å². The van der Waals surface area contributed by atoms with E-state index in [1.165, 1.54) is 27.0 Å². The molecule has 26 nitrogen and oxygen atoms in total. The van der Waals surface area contributed by atoms with Crippen molar-refractivity contribution in [3.63, 3.8) is 0 Å². The van der Waals surface area contributed by atoms with Gasteiger partial charge in [0.15, 0.2) is 43.2 Å². The molecule has 6 saturated heterocycles. The van der Waals surface area contributed by atoms with E-state index in [1.54, 1.807) is 33.8 Å². The molecule has 1 saturated carbocycles. The number of carbonyl (C=O) groups excluding carboxylic acids is 4. The van der Waals surface area contributed by atoms with Gasteiger partial charge < -0.3 is 92.4 Å². The van der Waals surface area contributed by atoms with Crippen LogP contribution in [0.25, 0.3) is 0 Å². The maximum Gasteiger partial charge on any atom is 0.407 e. The molecule has 2 bridgehead atoms. The van der Waals surface area contributed by atoms with Crippen molar-refractivity contribution in [2.45, 2.75) is 281 Å². The van der Waals surface area contributed by atoms with Gasteiger partial charge in [0, 0.05) is 62.7 Å². The molecule has 0 aromatic carbocycles. The van der Waals surface area contributed by atoms with Crippen LogP contribution in [0, 0.1) is 40.9 Å². The lowest BCUT2D eigenvalue weighted by Gasteiger charge is -2.56. The number of hydrogen-bond donors (Lipinski definition) is 8. The Kier molecular flexibility index (Phi) is 22.0. The van der Waals surface area contributed by atoms with Crippen molar-refractivity contribution < 1.29 is 117 Å². The summed E-state index contributed by atoms with van der Waals surface area (Å²) in [6, 6.07) is -0.991. The number of ether oxygens (including phenoxy) is 13. The number of allylic oxidation sites excluding steroid dienone is 3. The van der Waals surface area contributed by atoms with Crippen molar-refractivity contribution in [2.75, 3.05) is 13.7 Å². The third-order valence-electron chi connectivity index (χ3n) is 21.8. The Labute approximate surface area is 543 Å². The van der Waals surface area contributed by atoms with Gasteiger partial charge in [-0.2, -0.15) is 0 Å². The number of methoxy groups -OCH3 is 1. The number of carbonyl (C=O) groups is 4. The van der Waals surface area contributed by atoms with Crippen molar-refractivity contribution in [3.8, 4) is 0 Å². The van der Waals surface area contributed by atoms with Gasteiger partial charge in [-0.15, -0.1) is 0 Å². The van der Waals surface area contributed by atoms with Crippen LogP contribution in [0.15, 0.2) is 58.4 Å². The zero-order valence-corrected chi connectivity index (χ0v) is 55.7. The number of ketones is 1. The number of aliphatic hydroxyl groups is 5. The standard InChI is InChI=1S/C67H100N2O24/c1-30-14-18-47(88-54-28-65(11,69(79)80)60(38(9)86-54)68-64(78)81-13)31(2)23-43-45(73)24-40(29-70)27-67(43)62(76)55(63(77)93-67)61(75)66(12)42(30)16-15-41-56(66)32(3)22-33(4)57(41)92-53-26-49(59(37(8)85-53)87-39(10)71)90-50-21-19-48(35(6)83-50)89-52-25-46(74)58(36(7)84-52)91-51-20-17-44(72)34(5)82-51/h14-16,23-24,32-38,41-54,56-60,70,72-75,79-80H,17-22,25-29H2,1-13H3,(H,68,78)/b30-14+,31-23-,61-55?/t32-,33-,34?,35?,36?,37?,38?,41-,42-,43+,44?,45-,46?,47-,48?,49?,50?,51?,52?,53?,54?,56+,57-,58?,59?,60?,65?,66+,67-/m0/s1. The summed E-state index contributed by atoms with van der Waals surface area (Å²) < 4.78 is 81.8. The number of hydroxylamine groups is 2. The molecule has 10 rings (SSSR count). The molecule has 4 aliphatic carbocycles. The second-order valence-corrected chi connectivity index (χ2v) is 28.4. The number of aliphatic hydroxyl groups excluding tert-OH is 5. The van der Waals surface area contributed by atoms with Gasteiger partial charge in [0.2, 0.25) is 5.78 Å². The van der Waals surface area contributed by atoms with Crippen LogP contribution >= 0.6 is 0 Å². The number of alkyl carbamates (subject to hydrolysis) is 1. The van der Waals surface area contributed by atoms with E-state index in [2.05, 4.69) is 25.2 Å². The Balaban J connectivity index is 0.903. The lowest BCUT2D eigenvalue weighted by atomic mass is 9.49. The number of nitrogens with zero attached hydrogens (tertiary/aromatic N) is 1. The normalized spacial score (nSPS) is 47.5. The van der Waals surface area contributed by atoms with Crippen molar-refractivity contribution >= 4 is 23.8 Å². The zero-order chi connectivity index (χ0) is 67.5. The molecular formula is C67H100N2O24. The van der Waals surface area contributed by atoms with E-state index in [4.69, 9.17) is 61.6 Å². The number of hydrogen-bond acceptors (Lipinski definition) is 25. The summed E-state index contributed by atoms with van der Waals surface area (Å²) in [4.78, 5) is 55.6. The minimum Gasteiger partial charge on any atom is -0.511 e. The van der Waals surface area contributed by atoms with E-state index >= 15 is 4.79 Å². The first-order valence-electron chi connectivity index (χ1n) is 33.2. The predicted octanol–water partition coefficient (Wildman–Crippen LogP) is 5.96. The number of Topliss-reactive ketones (excluding diaryl/α,β-unsaturated/α-hetero) is 1. The van der Waals surface area contributed by atoms with Gasteiger partial charge in [-0.25, -0.2) is 9.59 Å². The molecule has 10 aliphatic rings. The van der Waals surface area contributed by atoms with Gasteiger partial charge in [-0.05, 0) is 110 Å². The summed E-state index contributed by atoms with van der Waals surface area (Å²) in [5.74, 6) is -6.12. The first-order valence-corrected chi connectivity index (χ1v) is 33.2. The third kappa shape index (κ3) is 14.2. The Morgan fingerprint density at radius 3 is 1.99 bits per heavy atom. The topological polar surface area (TPSA) is 345 Å². The molecule has 1 amide bonds. The van der Waals surface area contributed by atoms with Gasteiger partial charge in [-0.1, -0.05) is 62.0 Å². The lowest BCUT2D eigenvalue weighted by Crippen LogP contribution is -2.68. The Morgan fingerprint density at radius 1 is 0.699 bits per heavy atom. The number of nitrogens with one attached hydrogen (secondary N) is 1. The second kappa shape index (κ2) is 28.6. The highest BCUT2D eigenvalue weighted by atomic mass is 16.8. The fourth-order valence-corrected chi connectivity index (χ4v) is 17.0. The van der Waals surface area contributed by atoms with Crippen molar-refractivity contribution in [1.29, 1.82) is 0 Å². The van der Waals surface area contributed by atoms with Gasteiger partial charge in [0.05, 0.1) is 98.4 Å². The predicted molar refractivity (Wildman–Crippen MR) is 325 cm³/mol. The monoisotopic (exact) mass is 1320 g/mol. The summed E-state index contributed by atoms with van der Waals surface area (Å²) in [6.07, 6.45) is -3.52. The fourth-order valence-electron chi connectivity index (χ4n) is 17.0. The smallest absolute Gasteiger partial charge is 0.407 e. The average molecular weight is 1320 g/mol. The molecule has 8 N–H and O–H groups in total. The maximum atomic E-state index is 15.6. The number of esters is 2. The molecule has 93 heavy (non-hydrogen) atoms. The number of amides is 1. The molecular weight excluding hydrogens is 1220 g/mol. The molecule has 522 valence electrons. The maximum absolute atomic E-state index is 15.6. The number of fused-ring (bicyclic) bond motifs is 4. The minimum atomic E-state index is -2.11. The Morgan fingerprint density at radius 2 is 1.33 bits per heavy atom. The number of rotatable bonds is 14. The van der Waals surface area contributed by atoms with Crippen molar-refractivity contribution in [3.05, 3.63) is 58.4 Å². The molecule has 1 spiro atoms. The van der Waals surface area contributed by atoms with E-state index in [-0.39, 0.29) is 54.7 Å². The lowest BCUT2D eigenvalue weighted by molar-refractivity contribution is -0.390. The Bertz CT molecular complexity index is 2870. The van der Waals surface area contributed by atoms with Crippen LogP contribution in [-0.2, 0) is 76.0 Å². The van der Waals surface area contributed by atoms with E-state index < -0.39 is 205 Å². The quantitative estimate of drug-likeness (QED) is 0.0327. The van der Waals surface area contributed by atoms with Crippen LogP contribution in [0.3, 0.4) is 0 Å². The molecule has 6 heterocycles. The molecule has 7 fully saturated rings. The summed E-state index contributed by atoms with van der Waals surface area (Å²) in [6.45, 7) is 20.8. The van der Waals surface area contributed by atoms with Crippen molar-refractivity contribution in [1.82, 2.24) is 10.5 Å². The molecule has 26 heteroatoms. The first-order chi connectivity index (χ1) is 43.9. The van der Waals surface area contributed by atoms with Gasteiger partial charge in [0.1, 0.15) is 23.5 Å². The van der Waals surface area contributed by atoms with Crippen molar-refractivity contribution in [2.24, 2.45) is 40.9 Å². The van der Waals surface area contributed by atoms with Crippen LogP contribution in [0.4, 0.5) is 4.79 Å². The van der Waals surface area contributed by atoms with E-state index in [0.29, 0.717) is 37.7 Å². The van der Waals surface area contributed by atoms with Crippen LogP contribution in [0.2, 0.25) is 0 Å². The molecule has 0 aromatic heterocycles. The van der Waals surface area contributed by atoms with Crippen LogP contribution in [0.5, 0.6) is 0 Å². The second-order valence-electron chi connectivity index (χ2n) is 28.4. The SMILES string of the molecule is COC(=O)NC1C(C)OC(O[C@H]2C/C=C(\C)[C@@H]3C=C[C@@H]4[C@@H](OC5CC(OC6CCC(OC7CC(O)C(OC8CCC(O)C(C)O8)C(C)O7)C(C)O6)C(OC(C)=O)C(C)O5)[C@@H](C)C[C@H](C)[C@H]4[C@]3(C)C(O)=C3C(=O)O[C@]4(CC(CO)=C[C@H](O)[C@H]4/C=C\2C)C3=O)CC1(C)N(O)O. The first kappa shape index (κ1) is 71.5. The van der Waals surface area contributed by atoms with Gasteiger partial charge in [0.25, 0.3) is 0 Å². The highest BCUT2D eigenvalue weighted by Crippen LogP contribution is 2.61. The van der Waals surface area contributed by atoms with E-state index in [9.17, 15) is 50.3 Å². The Hall–Kier alpha value is -4.30. The van der Waals surface area contributed by atoms with E-state index in [0.717, 1.165) is 5.57 Å². The van der Waals surface area contributed by atoms with E-state index in [1.807, 2.05) is 39.8 Å². The molecule has 0 radical (unpaired) electrons. The summed E-state index contributed by atoms with van der Waals surface area (Å²) >= 11 is 0. The highest BCUT2D eigenvalue weighted by Gasteiger charge is 2.65. The summed E-state index contributed by atoms with van der Waals surface area (Å²) in [5.41, 5.74) is -4.18. The highest BCUT2D eigenvalue weighted by molar-refractivity contribution is 6.26. The molecule has 0 aromatic rings. The van der Waals surface area contributed by atoms with Gasteiger partial charge >= 0.3 is 18.0 Å². The zero-order valence-electron chi connectivity index (χ0n) is 55.7. The average Bonchev–Trinajstić information content (AvgIpc) is 1.68. The summed E-state index contributed by atoms with van der Waals surface area (Å²) in [5, 5.41) is 81.3.